The average molecular weight is 377 g/mol. The highest BCUT2D eigenvalue weighted by Crippen LogP contribution is 2.35. The van der Waals surface area contributed by atoms with E-state index in [1.165, 1.54) is 22.9 Å². The first-order valence-corrected chi connectivity index (χ1v) is 8.41. The summed E-state index contributed by atoms with van der Waals surface area (Å²) in [5, 5.41) is 9.64. The standard InChI is InChI=1S/C20H12FN3O4/c21-14-2-4-16(5-3-14)24-10-15(22-23-24)11-27-20-18-13(7-8-26-18)9-12-1-6-17(25)28-19(12)20/h1-10H,11H2. The minimum Gasteiger partial charge on any atom is -0.480 e. The molecule has 0 atom stereocenters. The van der Waals surface area contributed by atoms with E-state index in [0.29, 0.717) is 28.3 Å². The number of rotatable bonds is 4. The summed E-state index contributed by atoms with van der Waals surface area (Å²) in [5.74, 6) is -0.00105. The van der Waals surface area contributed by atoms with Gasteiger partial charge in [-0.2, -0.15) is 0 Å². The summed E-state index contributed by atoms with van der Waals surface area (Å²) in [6.45, 7) is 0.0781. The lowest BCUT2D eigenvalue weighted by Crippen LogP contribution is -2.00. The van der Waals surface area contributed by atoms with E-state index in [9.17, 15) is 9.18 Å². The molecule has 3 heterocycles. The molecular weight excluding hydrogens is 365 g/mol. The van der Waals surface area contributed by atoms with Crippen LogP contribution in [0.2, 0.25) is 0 Å². The lowest BCUT2D eigenvalue weighted by atomic mass is 10.1. The second-order valence-electron chi connectivity index (χ2n) is 6.14. The van der Waals surface area contributed by atoms with E-state index >= 15 is 0 Å². The van der Waals surface area contributed by atoms with Crippen LogP contribution in [0.4, 0.5) is 4.39 Å². The van der Waals surface area contributed by atoms with Crippen LogP contribution in [0.1, 0.15) is 5.69 Å². The summed E-state index contributed by atoms with van der Waals surface area (Å²) in [7, 11) is 0. The molecule has 2 aromatic carbocycles. The Labute approximate surface area is 156 Å². The van der Waals surface area contributed by atoms with Gasteiger partial charge in [0.25, 0.3) is 0 Å². The molecule has 28 heavy (non-hydrogen) atoms. The summed E-state index contributed by atoms with van der Waals surface area (Å²) >= 11 is 0. The van der Waals surface area contributed by atoms with Crippen molar-refractivity contribution in [2.75, 3.05) is 0 Å². The molecule has 138 valence electrons. The smallest absolute Gasteiger partial charge is 0.336 e. The highest BCUT2D eigenvalue weighted by Gasteiger charge is 2.15. The van der Waals surface area contributed by atoms with Crippen LogP contribution >= 0.6 is 0 Å². The maximum Gasteiger partial charge on any atom is 0.336 e. The Kier molecular flexibility index (Phi) is 3.68. The predicted molar refractivity (Wildman–Crippen MR) is 97.9 cm³/mol. The Bertz CT molecular complexity index is 1350. The zero-order valence-corrected chi connectivity index (χ0v) is 14.3. The van der Waals surface area contributed by atoms with Crippen molar-refractivity contribution in [3.8, 4) is 11.4 Å². The first-order valence-electron chi connectivity index (χ1n) is 8.41. The van der Waals surface area contributed by atoms with Gasteiger partial charge in [0.15, 0.2) is 11.2 Å². The van der Waals surface area contributed by atoms with Crippen LogP contribution in [0, 0.1) is 5.82 Å². The normalized spacial score (nSPS) is 11.3. The van der Waals surface area contributed by atoms with Crippen molar-refractivity contribution in [3.05, 3.63) is 82.9 Å². The fraction of sp³-hybridized carbons (Fsp3) is 0.0500. The summed E-state index contributed by atoms with van der Waals surface area (Å²) in [6.07, 6.45) is 3.22. The van der Waals surface area contributed by atoms with Crippen LogP contribution in [0.3, 0.4) is 0 Å². The minimum atomic E-state index is -0.481. The van der Waals surface area contributed by atoms with E-state index < -0.39 is 5.63 Å². The fourth-order valence-electron chi connectivity index (χ4n) is 2.97. The SMILES string of the molecule is O=c1ccc2cc3ccoc3c(OCc3cn(-c4ccc(F)cc4)nn3)c2o1. The van der Waals surface area contributed by atoms with E-state index in [0.717, 1.165) is 10.8 Å². The average Bonchev–Trinajstić information content (AvgIpc) is 3.35. The van der Waals surface area contributed by atoms with Crippen molar-refractivity contribution >= 4 is 21.9 Å². The van der Waals surface area contributed by atoms with Crippen molar-refractivity contribution in [2.24, 2.45) is 0 Å². The molecule has 0 fully saturated rings. The molecule has 0 aliphatic rings. The molecule has 0 bridgehead atoms. The number of nitrogens with zero attached hydrogens (tertiary/aromatic N) is 3. The third-order valence-electron chi connectivity index (χ3n) is 4.28. The van der Waals surface area contributed by atoms with Crippen LogP contribution in [-0.2, 0) is 6.61 Å². The number of aromatic nitrogens is 3. The third kappa shape index (κ3) is 2.81. The molecule has 0 saturated carbocycles. The number of hydrogen-bond donors (Lipinski definition) is 0. The van der Waals surface area contributed by atoms with Gasteiger partial charge in [0, 0.05) is 16.8 Å². The number of benzene rings is 2. The lowest BCUT2D eigenvalue weighted by Gasteiger charge is -2.07. The summed E-state index contributed by atoms with van der Waals surface area (Å²) < 4.78 is 31.3. The first kappa shape index (κ1) is 16.2. The van der Waals surface area contributed by atoms with Crippen LogP contribution < -0.4 is 10.4 Å². The van der Waals surface area contributed by atoms with E-state index in [4.69, 9.17) is 13.6 Å². The first-order chi connectivity index (χ1) is 13.7. The molecule has 0 aliphatic carbocycles. The minimum absolute atomic E-state index is 0.0781. The van der Waals surface area contributed by atoms with Gasteiger partial charge in [-0.25, -0.2) is 13.9 Å². The molecule has 0 spiro atoms. The molecule has 0 saturated heterocycles. The maximum atomic E-state index is 13.1. The molecule has 0 unspecified atom stereocenters. The molecule has 8 heteroatoms. The molecule has 5 aromatic rings. The molecule has 0 N–H and O–H groups in total. The van der Waals surface area contributed by atoms with Gasteiger partial charge in [0.05, 0.1) is 18.1 Å². The van der Waals surface area contributed by atoms with Gasteiger partial charge < -0.3 is 13.6 Å². The number of ether oxygens (including phenoxy) is 1. The topological polar surface area (TPSA) is 83.3 Å². The molecule has 5 rings (SSSR count). The summed E-state index contributed by atoms with van der Waals surface area (Å²) in [4.78, 5) is 11.7. The second kappa shape index (κ2) is 6.34. The van der Waals surface area contributed by atoms with Gasteiger partial charge in [-0.15, -0.1) is 5.10 Å². The van der Waals surface area contributed by atoms with E-state index in [1.807, 2.05) is 6.07 Å². The Morgan fingerprint density at radius 2 is 1.86 bits per heavy atom. The molecular formula is C20H12FN3O4. The zero-order valence-electron chi connectivity index (χ0n) is 14.3. The van der Waals surface area contributed by atoms with Gasteiger partial charge in [-0.3, -0.25) is 0 Å². The molecule has 0 amide bonds. The molecule has 0 aliphatic heterocycles. The number of halogens is 1. The van der Waals surface area contributed by atoms with Crippen LogP contribution in [0.25, 0.3) is 27.6 Å². The predicted octanol–water partition coefficient (Wildman–Crippen LogP) is 3.84. The van der Waals surface area contributed by atoms with Crippen molar-refractivity contribution in [1.82, 2.24) is 15.0 Å². The van der Waals surface area contributed by atoms with Gasteiger partial charge in [0.1, 0.15) is 18.1 Å². The Balaban J connectivity index is 1.49. The van der Waals surface area contributed by atoms with Gasteiger partial charge >= 0.3 is 5.63 Å². The van der Waals surface area contributed by atoms with Crippen molar-refractivity contribution in [3.63, 3.8) is 0 Å². The van der Waals surface area contributed by atoms with E-state index in [1.54, 1.807) is 36.7 Å². The Morgan fingerprint density at radius 1 is 1.04 bits per heavy atom. The fourth-order valence-corrected chi connectivity index (χ4v) is 2.97. The third-order valence-corrected chi connectivity index (χ3v) is 4.28. The quantitative estimate of drug-likeness (QED) is 0.443. The maximum absolute atomic E-state index is 13.1. The van der Waals surface area contributed by atoms with Crippen LogP contribution in [0.15, 0.2) is 74.6 Å². The Morgan fingerprint density at radius 3 is 2.71 bits per heavy atom. The van der Waals surface area contributed by atoms with Crippen LogP contribution in [-0.4, -0.2) is 15.0 Å². The number of furan rings is 1. The van der Waals surface area contributed by atoms with Crippen LogP contribution in [0.5, 0.6) is 5.75 Å². The van der Waals surface area contributed by atoms with Crippen molar-refractivity contribution in [1.29, 1.82) is 0 Å². The summed E-state index contributed by atoms with van der Waals surface area (Å²) in [6, 6.07) is 12.6. The lowest BCUT2D eigenvalue weighted by molar-refractivity contribution is 0.298. The van der Waals surface area contributed by atoms with E-state index in [2.05, 4.69) is 10.3 Å². The molecule has 3 aromatic heterocycles. The second-order valence-corrected chi connectivity index (χ2v) is 6.14. The van der Waals surface area contributed by atoms with Gasteiger partial charge in [-0.05, 0) is 42.5 Å². The zero-order chi connectivity index (χ0) is 19.1. The number of fused-ring (bicyclic) bond motifs is 2. The van der Waals surface area contributed by atoms with E-state index in [-0.39, 0.29) is 12.4 Å². The number of hydrogen-bond acceptors (Lipinski definition) is 6. The van der Waals surface area contributed by atoms with Gasteiger partial charge in [-0.1, -0.05) is 5.21 Å². The largest absolute Gasteiger partial charge is 0.480 e. The van der Waals surface area contributed by atoms with Gasteiger partial charge in [0.2, 0.25) is 5.75 Å². The highest BCUT2D eigenvalue weighted by molar-refractivity contribution is 5.99. The highest BCUT2D eigenvalue weighted by atomic mass is 19.1. The van der Waals surface area contributed by atoms with Crippen molar-refractivity contribution < 1.29 is 18.0 Å². The Hall–Kier alpha value is -3.94. The monoisotopic (exact) mass is 377 g/mol. The molecule has 7 nitrogen and oxygen atoms in total. The summed E-state index contributed by atoms with van der Waals surface area (Å²) in [5.41, 5.74) is 1.52. The van der Waals surface area contributed by atoms with Crippen molar-refractivity contribution in [2.45, 2.75) is 6.61 Å². The molecule has 0 radical (unpaired) electrons.